The minimum atomic E-state index is -3.52. The second-order valence-corrected chi connectivity index (χ2v) is 10.3. The Morgan fingerprint density at radius 3 is 2.21 bits per heavy atom. The fourth-order valence-corrected chi connectivity index (χ4v) is 6.47. The molecule has 0 aromatic heterocycles. The van der Waals surface area contributed by atoms with Crippen LogP contribution in [0.4, 0.5) is 0 Å². The number of amides is 1. The molecule has 1 aromatic carbocycles. The number of sulfonamides is 1. The molecule has 1 atom stereocenters. The van der Waals surface area contributed by atoms with Crippen LogP contribution in [0.15, 0.2) is 35.2 Å². The molecule has 1 unspecified atom stereocenters. The summed E-state index contributed by atoms with van der Waals surface area (Å²) in [7, 11) is -3.52. The minimum Gasteiger partial charge on any atom is -0.342 e. The normalized spacial score (nSPS) is 25.9. The van der Waals surface area contributed by atoms with Crippen LogP contribution < -0.4 is 0 Å². The molecule has 1 amide bonds. The summed E-state index contributed by atoms with van der Waals surface area (Å²) in [6.07, 6.45) is 6.22. The average molecular weight is 406 g/mol. The zero-order valence-electron chi connectivity index (χ0n) is 16.5. The summed E-state index contributed by atoms with van der Waals surface area (Å²) < 4.78 is 27.3. The van der Waals surface area contributed by atoms with Gasteiger partial charge in [-0.1, -0.05) is 18.2 Å². The van der Waals surface area contributed by atoms with E-state index in [1.54, 1.807) is 24.3 Å². The van der Waals surface area contributed by atoms with Crippen molar-refractivity contribution in [3.63, 3.8) is 0 Å². The van der Waals surface area contributed by atoms with Gasteiger partial charge in [0.1, 0.15) is 0 Å². The monoisotopic (exact) mass is 405 g/mol. The van der Waals surface area contributed by atoms with Gasteiger partial charge in [-0.2, -0.15) is 4.31 Å². The first kappa shape index (κ1) is 19.9. The second kappa shape index (κ2) is 8.51. The molecule has 6 nitrogen and oxygen atoms in total. The van der Waals surface area contributed by atoms with E-state index < -0.39 is 10.0 Å². The Labute approximate surface area is 168 Å². The Morgan fingerprint density at radius 1 is 0.857 bits per heavy atom. The summed E-state index contributed by atoms with van der Waals surface area (Å²) in [5.74, 6) is -0.0663. The molecule has 1 aromatic rings. The number of carbonyl (C=O) groups excluding carboxylic acids is 1. The first-order valence-electron chi connectivity index (χ1n) is 10.6. The van der Waals surface area contributed by atoms with Crippen LogP contribution in [0, 0.1) is 5.92 Å². The molecule has 0 spiro atoms. The van der Waals surface area contributed by atoms with E-state index in [1.165, 1.54) is 30.2 Å². The van der Waals surface area contributed by atoms with Gasteiger partial charge in [0.05, 0.1) is 10.8 Å². The third kappa shape index (κ3) is 4.11. The maximum Gasteiger partial charge on any atom is 0.243 e. The lowest BCUT2D eigenvalue weighted by Crippen LogP contribution is -2.50. The van der Waals surface area contributed by atoms with Crippen LogP contribution in [0.1, 0.15) is 38.5 Å². The highest BCUT2D eigenvalue weighted by Crippen LogP contribution is 2.27. The molecule has 0 N–H and O–H groups in total. The molecule has 3 aliphatic rings. The molecule has 3 fully saturated rings. The molecule has 0 saturated carbocycles. The highest BCUT2D eigenvalue weighted by Gasteiger charge is 2.36. The molecular weight excluding hydrogens is 374 g/mol. The molecule has 0 aliphatic carbocycles. The first-order chi connectivity index (χ1) is 13.6. The largest absolute Gasteiger partial charge is 0.342 e. The quantitative estimate of drug-likeness (QED) is 0.770. The third-order valence-electron chi connectivity index (χ3n) is 6.55. The standard InChI is InChI=1S/C21H31N3O3S/c25-21(23-15-10-19(11-16-23)22-12-4-5-13-22)18-7-6-14-24(17-18)28(26,27)20-8-2-1-3-9-20/h1-3,8-9,18-19H,4-7,10-17H2. The number of hydrogen-bond acceptors (Lipinski definition) is 4. The van der Waals surface area contributed by atoms with Gasteiger partial charge < -0.3 is 9.80 Å². The van der Waals surface area contributed by atoms with E-state index in [2.05, 4.69) is 4.90 Å². The van der Waals surface area contributed by atoms with Crippen molar-refractivity contribution >= 4 is 15.9 Å². The number of carbonyl (C=O) groups is 1. The average Bonchev–Trinajstić information content (AvgIpc) is 3.29. The molecule has 3 heterocycles. The number of rotatable bonds is 4. The number of piperidine rings is 2. The van der Waals surface area contributed by atoms with Gasteiger partial charge in [0.2, 0.25) is 15.9 Å². The lowest BCUT2D eigenvalue weighted by Gasteiger charge is -2.39. The van der Waals surface area contributed by atoms with E-state index >= 15 is 0 Å². The highest BCUT2D eigenvalue weighted by atomic mass is 32.2. The number of nitrogens with zero attached hydrogens (tertiary/aromatic N) is 3. The Balaban J connectivity index is 1.36. The minimum absolute atomic E-state index is 0.146. The van der Waals surface area contributed by atoms with Crippen molar-refractivity contribution in [1.82, 2.24) is 14.1 Å². The van der Waals surface area contributed by atoms with Gasteiger partial charge in [0, 0.05) is 32.2 Å². The van der Waals surface area contributed by atoms with Crippen molar-refractivity contribution in [2.75, 3.05) is 39.3 Å². The van der Waals surface area contributed by atoms with Crippen molar-refractivity contribution in [3.8, 4) is 0 Å². The third-order valence-corrected chi connectivity index (χ3v) is 8.43. The second-order valence-electron chi connectivity index (χ2n) is 8.31. The predicted octanol–water partition coefficient (Wildman–Crippen LogP) is 2.17. The maximum atomic E-state index is 13.1. The number of hydrogen-bond donors (Lipinski definition) is 0. The van der Waals surface area contributed by atoms with Crippen molar-refractivity contribution in [2.24, 2.45) is 5.92 Å². The van der Waals surface area contributed by atoms with Crippen LogP contribution in [-0.4, -0.2) is 73.7 Å². The van der Waals surface area contributed by atoms with Gasteiger partial charge >= 0.3 is 0 Å². The first-order valence-corrected chi connectivity index (χ1v) is 12.1. The topological polar surface area (TPSA) is 60.9 Å². The lowest BCUT2D eigenvalue weighted by molar-refractivity contribution is -0.138. The van der Waals surface area contributed by atoms with Crippen LogP contribution >= 0.6 is 0 Å². The smallest absolute Gasteiger partial charge is 0.243 e. The SMILES string of the molecule is O=C(C1CCCN(S(=O)(=O)c2ccccc2)C1)N1CCC(N2CCCC2)CC1. The molecule has 0 radical (unpaired) electrons. The van der Waals surface area contributed by atoms with Gasteiger partial charge in [-0.3, -0.25) is 4.79 Å². The zero-order valence-corrected chi connectivity index (χ0v) is 17.3. The zero-order chi connectivity index (χ0) is 19.6. The Hall–Kier alpha value is -1.44. The van der Waals surface area contributed by atoms with Crippen molar-refractivity contribution < 1.29 is 13.2 Å². The van der Waals surface area contributed by atoms with E-state index in [0.717, 1.165) is 38.8 Å². The van der Waals surface area contributed by atoms with E-state index in [-0.39, 0.29) is 11.8 Å². The van der Waals surface area contributed by atoms with E-state index in [0.29, 0.717) is 24.0 Å². The lowest BCUT2D eigenvalue weighted by atomic mass is 9.96. The molecule has 28 heavy (non-hydrogen) atoms. The molecular formula is C21H31N3O3S. The van der Waals surface area contributed by atoms with Crippen molar-refractivity contribution in [3.05, 3.63) is 30.3 Å². The van der Waals surface area contributed by atoms with Gasteiger partial charge in [-0.15, -0.1) is 0 Å². The molecule has 3 aliphatic heterocycles. The fraction of sp³-hybridized carbons (Fsp3) is 0.667. The van der Waals surface area contributed by atoms with Crippen LogP contribution in [0.3, 0.4) is 0 Å². The van der Waals surface area contributed by atoms with Crippen LogP contribution in [-0.2, 0) is 14.8 Å². The number of benzene rings is 1. The van der Waals surface area contributed by atoms with Crippen LogP contribution in [0.5, 0.6) is 0 Å². The van der Waals surface area contributed by atoms with Gasteiger partial charge in [0.25, 0.3) is 0 Å². The Bertz CT molecular complexity index is 769. The van der Waals surface area contributed by atoms with Crippen LogP contribution in [0.2, 0.25) is 0 Å². The summed E-state index contributed by atoms with van der Waals surface area (Å²) in [6, 6.07) is 9.17. The molecule has 4 rings (SSSR count). The molecule has 154 valence electrons. The summed E-state index contributed by atoms with van der Waals surface area (Å²) in [5, 5.41) is 0. The van der Waals surface area contributed by atoms with Gasteiger partial charge in [-0.05, 0) is 63.7 Å². The molecule has 0 bridgehead atoms. The van der Waals surface area contributed by atoms with Crippen LogP contribution in [0.25, 0.3) is 0 Å². The van der Waals surface area contributed by atoms with Gasteiger partial charge in [-0.25, -0.2) is 8.42 Å². The van der Waals surface area contributed by atoms with E-state index in [1.807, 2.05) is 11.0 Å². The van der Waals surface area contributed by atoms with Crippen molar-refractivity contribution in [2.45, 2.75) is 49.5 Å². The van der Waals surface area contributed by atoms with Gasteiger partial charge in [0.15, 0.2) is 0 Å². The van der Waals surface area contributed by atoms with E-state index in [4.69, 9.17) is 0 Å². The van der Waals surface area contributed by atoms with E-state index in [9.17, 15) is 13.2 Å². The molecule has 3 saturated heterocycles. The predicted molar refractivity (Wildman–Crippen MR) is 108 cm³/mol. The summed E-state index contributed by atoms with van der Waals surface area (Å²) in [6.45, 7) is 4.82. The molecule has 7 heteroatoms. The van der Waals surface area contributed by atoms with Crippen molar-refractivity contribution in [1.29, 1.82) is 0 Å². The highest BCUT2D eigenvalue weighted by molar-refractivity contribution is 7.89. The summed E-state index contributed by atoms with van der Waals surface area (Å²) in [5.41, 5.74) is 0. The number of likely N-dealkylation sites (tertiary alicyclic amines) is 2. The maximum absolute atomic E-state index is 13.1. The fourth-order valence-electron chi connectivity index (χ4n) is 4.92. The Kier molecular flexibility index (Phi) is 6.04. The summed E-state index contributed by atoms with van der Waals surface area (Å²) in [4.78, 5) is 18.0. The summed E-state index contributed by atoms with van der Waals surface area (Å²) >= 11 is 0. The Morgan fingerprint density at radius 2 is 1.54 bits per heavy atom.